The number of alkyl halides is 1. The van der Waals surface area contributed by atoms with Crippen molar-refractivity contribution in [3.05, 3.63) is 0 Å². The van der Waals surface area contributed by atoms with Gasteiger partial charge in [0, 0.05) is 6.42 Å². The summed E-state index contributed by atoms with van der Waals surface area (Å²) in [5.74, 6) is -0.237. The maximum atomic E-state index is 11.8. The summed E-state index contributed by atoms with van der Waals surface area (Å²) in [6.07, 6.45) is 13.0. The van der Waals surface area contributed by atoms with Gasteiger partial charge in [0.05, 0.1) is 0 Å². The minimum atomic E-state index is -0.780. The fourth-order valence-corrected chi connectivity index (χ4v) is 1.88. The van der Waals surface area contributed by atoms with Crippen molar-refractivity contribution in [1.82, 2.24) is 0 Å². The lowest BCUT2D eigenvalue weighted by Gasteiger charge is -2.01. The molecule has 0 saturated carbocycles. The van der Waals surface area contributed by atoms with Gasteiger partial charge in [0.25, 0.3) is 0 Å². The predicted octanol–water partition coefficient (Wildman–Crippen LogP) is 4.84. The van der Waals surface area contributed by atoms with Gasteiger partial charge in [-0.05, 0) is 6.42 Å². The molecule has 0 N–H and O–H groups in total. The Morgan fingerprint density at radius 3 is 1.69 bits per heavy atom. The molecule has 0 radical (unpaired) electrons. The van der Waals surface area contributed by atoms with Crippen LogP contribution in [0.1, 0.15) is 77.6 Å². The van der Waals surface area contributed by atoms with E-state index in [-0.39, 0.29) is 5.78 Å². The quantitative estimate of drug-likeness (QED) is 0.439. The molecule has 0 heterocycles. The fourth-order valence-electron chi connectivity index (χ4n) is 1.88. The lowest BCUT2D eigenvalue weighted by molar-refractivity contribution is -0.120. The molecule has 0 bridgehead atoms. The number of carbonyl (C=O) groups excluding carboxylic acids is 1. The summed E-state index contributed by atoms with van der Waals surface area (Å²) in [6, 6.07) is 0. The first-order chi connectivity index (χ1) is 7.81. The number of rotatable bonds is 12. The lowest BCUT2D eigenvalue weighted by atomic mass is 10.1. The Morgan fingerprint density at radius 2 is 1.25 bits per heavy atom. The molecule has 0 fully saturated rings. The van der Waals surface area contributed by atoms with Gasteiger partial charge in [-0.2, -0.15) is 0 Å². The zero-order valence-corrected chi connectivity index (χ0v) is 10.8. The van der Waals surface area contributed by atoms with Crippen molar-refractivity contribution in [1.29, 1.82) is 0 Å². The second kappa shape index (κ2) is 12.7. The normalized spacial score (nSPS) is 10.6. The Bertz CT molecular complexity index is 157. The molecule has 0 aromatic carbocycles. The summed E-state index contributed by atoms with van der Waals surface area (Å²) >= 11 is 0. The molecule has 16 heavy (non-hydrogen) atoms. The minimum absolute atomic E-state index is 0.237. The average Bonchev–Trinajstić information content (AvgIpc) is 2.31. The molecule has 0 amide bonds. The molecule has 0 aliphatic heterocycles. The summed E-state index contributed by atoms with van der Waals surface area (Å²) in [6.45, 7) is 1.45. The summed E-state index contributed by atoms with van der Waals surface area (Å²) in [4.78, 5) is 10.7. The van der Waals surface area contributed by atoms with Gasteiger partial charge in [0.1, 0.15) is 6.67 Å². The molecular formula is C14H27FO. The number of Topliss-reactive ketones (excluding diaryl/α,β-unsaturated/α-hetero) is 1. The van der Waals surface area contributed by atoms with Crippen LogP contribution in [0.25, 0.3) is 0 Å². The monoisotopic (exact) mass is 230 g/mol. The lowest BCUT2D eigenvalue weighted by Crippen LogP contribution is -1.98. The van der Waals surface area contributed by atoms with E-state index in [4.69, 9.17) is 0 Å². The first-order valence-corrected chi connectivity index (χ1v) is 6.89. The Labute approximate surface area is 99.8 Å². The fraction of sp³-hybridized carbons (Fsp3) is 0.929. The second-order valence-corrected chi connectivity index (χ2v) is 4.60. The van der Waals surface area contributed by atoms with Crippen LogP contribution in [0.4, 0.5) is 4.39 Å². The third-order valence-corrected chi connectivity index (χ3v) is 2.96. The van der Waals surface area contributed by atoms with Crippen LogP contribution in [0.3, 0.4) is 0 Å². The molecule has 0 aromatic rings. The van der Waals surface area contributed by atoms with Gasteiger partial charge in [0.2, 0.25) is 0 Å². The number of unbranched alkanes of at least 4 members (excludes halogenated alkanes) is 9. The van der Waals surface area contributed by atoms with E-state index in [9.17, 15) is 9.18 Å². The summed E-state index contributed by atoms with van der Waals surface area (Å²) in [5.41, 5.74) is 0. The van der Waals surface area contributed by atoms with E-state index < -0.39 is 6.67 Å². The molecular weight excluding hydrogens is 203 g/mol. The van der Waals surface area contributed by atoms with Crippen molar-refractivity contribution in [3.63, 3.8) is 0 Å². The van der Waals surface area contributed by atoms with E-state index in [1.165, 1.54) is 51.4 Å². The van der Waals surface area contributed by atoms with Gasteiger partial charge >= 0.3 is 0 Å². The molecule has 0 aliphatic carbocycles. The molecule has 0 unspecified atom stereocenters. The Kier molecular flexibility index (Phi) is 12.4. The maximum absolute atomic E-state index is 11.8. The van der Waals surface area contributed by atoms with Gasteiger partial charge in [0.15, 0.2) is 5.78 Å². The number of halogens is 1. The molecule has 0 rings (SSSR count). The highest BCUT2D eigenvalue weighted by atomic mass is 19.1. The van der Waals surface area contributed by atoms with E-state index in [1.807, 2.05) is 0 Å². The highest BCUT2D eigenvalue weighted by molar-refractivity contribution is 5.79. The second-order valence-electron chi connectivity index (χ2n) is 4.60. The van der Waals surface area contributed by atoms with E-state index in [0.717, 1.165) is 12.8 Å². The summed E-state index contributed by atoms with van der Waals surface area (Å²) in [7, 11) is 0. The van der Waals surface area contributed by atoms with E-state index in [0.29, 0.717) is 6.42 Å². The van der Waals surface area contributed by atoms with Crippen LogP contribution in [-0.4, -0.2) is 12.5 Å². The Morgan fingerprint density at radius 1 is 0.812 bits per heavy atom. The first-order valence-electron chi connectivity index (χ1n) is 6.89. The Hall–Kier alpha value is -0.400. The third kappa shape index (κ3) is 11.7. The van der Waals surface area contributed by atoms with Crippen LogP contribution < -0.4 is 0 Å². The zero-order chi connectivity index (χ0) is 12.1. The molecule has 0 spiro atoms. The van der Waals surface area contributed by atoms with E-state index >= 15 is 0 Å². The predicted molar refractivity (Wildman–Crippen MR) is 67.4 cm³/mol. The van der Waals surface area contributed by atoms with Crippen LogP contribution in [0.5, 0.6) is 0 Å². The first kappa shape index (κ1) is 15.6. The molecule has 0 saturated heterocycles. The number of carbonyl (C=O) groups is 1. The van der Waals surface area contributed by atoms with Crippen LogP contribution >= 0.6 is 0 Å². The third-order valence-electron chi connectivity index (χ3n) is 2.96. The van der Waals surface area contributed by atoms with Crippen molar-refractivity contribution in [2.75, 3.05) is 6.67 Å². The molecule has 96 valence electrons. The van der Waals surface area contributed by atoms with Crippen molar-refractivity contribution in [2.45, 2.75) is 77.6 Å². The van der Waals surface area contributed by atoms with Crippen LogP contribution in [0, 0.1) is 0 Å². The highest BCUT2D eigenvalue weighted by Crippen LogP contribution is 2.11. The maximum Gasteiger partial charge on any atom is 0.163 e. The topological polar surface area (TPSA) is 17.1 Å². The summed E-state index contributed by atoms with van der Waals surface area (Å²) in [5, 5.41) is 0. The standard InChI is InChI=1S/C14H27FO/c1-2-3-4-5-6-7-8-9-10-11-12-14(16)13-15/h2-13H2,1H3. The van der Waals surface area contributed by atoms with Crippen LogP contribution in [-0.2, 0) is 4.79 Å². The van der Waals surface area contributed by atoms with Gasteiger partial charge in [-0.1, -0.05) is 64.7 Å². The molecule has 0 atom stereocenters. The van der Waals surface area contributed by atoms with Crippen molar-refractivity contribution in [3.8, 4) is 0 Å². The molecule has 0 aliphatic rings. The van der Waals surface area contributed by atoms with Gasteiger partial charge in [-0.15, -0.1) is 0 Å². The molecule has 2 heteroatoms. The molecule has 0 aromatic heterocycles. The van der Waals surface area contributed by atoms with Gasteiger partial charge in [-0.25, -0.2) is 4.39 Å². The van der Waals surface area contributed by atoms with Gasteiger partial charge in [-0.3, -0.25) is 4.79 Å². The number of hydrogen-bond acceptors (Lipinski definition) is 1. The van der Waals surface area contributed by atoms with Crippen LogP contribution in [0.15, 0.2) is 0 Å². The smallest absolute Gasteiger partial charge is 0.163 e. The van der Waals surface area contributed by atoms with Crippen molar-refractivity contribution >= 4 is 5.78 Å². The number of ketones is 1. The van der Waals surface area contributed by atoms with Crippen molar-refractivity contribution < 1.29 is 9.18 Å². The van der Waals surface area contributed by atoms with E-state index in [2.05, 4.69) is 6.92 Å². The SMILES string of the molecule is CCCCCCCCCCCCC(=O)CF. The zero-order valence-electron chi connectivity index (χ0n) is 10.8. The highest BCUT2D eigenvalue weighted by Gasteiger charge is 1.99. The minimum Gasteiger partial charge on any atom is -0.297 e. The van der Waals surface area contributed by atoms with Crippen molar-refractivity contribution in [2.24, 2.45) is 0 Å². The van der Waals surface area contributed by atoms with E-state index in [1.54, 1.807) is 0 Å². The number of hydrogen-bond donors (Lipinski definition) is 0. The average molecular weight is 230 g/mol. The van der Waals surface area contributed by atoms with Crippen LogP contribution in [0.2, 0.25) is 0 Å². The molecule has 1 nitrogen and oxygen atoms in total. The largest absolute Gasteiger partial charge is 0.297 e. The Balaban J connectivity index is 2.96. The summed E-state index contributed by atoms with van der Waals surface area (Å²) < 4.78 is 11.8. The van der Waals surface area contributed by atoms with Gasteiger partial charge < -0.3 is 0 Å².